The Morgan fingerprint density at radius 1 is 1.33 bits per heavy atom. The Labute approximate surface area is 125 Å². The topological polar surface area (TPSA) is 43.8 Å². The Morgan fingerprint density at radius 2 is 2.05 bits per heavy atom. The molecule has 1 fully saturated rings. The number of hydrogen-bond donors (Lipinski definition) is 1. The lowest BCUT2D eigenvalue weighted by molar-refractivity contribution is -0.136. The molecule has 0 aliphatic carbocycles. The molecule has 21 heavy (non-hydrogen) atoms. The highest BCUT2D eigenvalue weighted by Crippen LogP contribution is 2.14. The zero-order valence-corrected chi connectivity index (χ0v) is 12.5. The van der Waals surface area contributed by atoms with Crippen molar-refractivity contribution in [1.29, 1.82) is 0 Å². The third kappa shape index (κ3) is 4.51. The zero-order valence-electron chi connectivity index (χ0n) is 12.5. The van der Waals surface area contributed by atoms with Crippen LogP contribution in [0, 0.1) is 11.7 Å². The van der Waals surface area contributed by atoms with Crippen molar-refractivity contribution in [3.8, 4) is 0 Å². The van der Waals surface area contributed by atoms with E-state index in [4.69, 9.17) is 5.11 Å². The molecule has 0 spiro atoms. The Morgan fingerprint density at radius 3 is 2.67 bits per heavy atom. The Hall–Kier alpha value is -1.46. The predicted molar refractivity (Wildman–Crippen MR) is 79.4 cm³/mol. The lowest BCUT2D eigenvalue weighted by Gasteiger charge is -2.35. The summed E-state index contributed by atoms with van der Waals surface area (Å²) in [5, 5.41) is 8.92. The van der Waals surface area contributed by atoms with E-state index in [1.165, 1.54) is 12.1 Å². The molecule has 1 aliphatic heterocycles. The normalized spacial score (nSPS) is 17.8. The summed E-state index contributed by atoms with van der Waals surface area (Å²) >= 11 is 0. The molecule has 1 aromatic carbocycles. The maximum atomic E-state index is 13.2. The molecule has 1 aliphatic rings. The quantitative estimate of drug-likeness (QED) is 0.886. The van der Waals surface area contributed by atoms with Gasteiger partial charge in [-0.2, -0.15) is 0 Å². The molecule has 5 heteroatoms. The van der Waals surface area contributed by atoms with Gasteiger partial charge in [-0.3, -0.25) is 9.69 Å². The number of β-amino-alcohol motifs (C(OH)–C–C–N with tert-alkyl or cyclic N) is 1. The minimum atomic E-state index is -0.259. The predicted octanol–water partition coefficient (Wildman–Crippen LogP) is 1.14. The van der Waals surface area contributed by atoms with Gasteiger partial charge in [-0.25, -0.2) is 4.39 Å². The number of benzene rings is 1. The van der Waals surface area contributed by atoms with Crippen molar-refractivity contribution < 1.29 is 14.3 Å². The van der Waals surface area contributed by atoms with E-state index in [1.54, 1.807) is 6.07 Å². The average Bonchev–Trinajstić information content (AvgIpc) is 2.47. The lowest BCUT2D eigenvalue weighted by atomic mass is 9.99. The molecule has 116 valence electrons. The van der Waals surface area contributed by atoms with E-state index in [0.29, 0.717) is 26.1 Å². The number of carbonyl (C=O) groups excluding carboxylic acids is 1. The molecular weight excluding hydrogens is 271 g/mol. The van der Waals surface area contributed by atoms with Crippen molar-refractivity contribution in [3.63, 3.8) is 0 Å². The minimum absolute atomic E-state index is 0.128. The van der Waals surface area contributed by atoms with Crippen LogP contribution in [0.1, 0.15) is 12.5 Å². The second-order valence-electron chi connectivity index (χ2n) is 5.63. The van der Waals surface area contributed by atoms with Crippen LogP contribution in [0.4, 0.5) is 4.39 Å². The molecule has 2 rings (SSSR count). The van der Waals surface area contributed by atoms with Crippen LogP contribution < -0.4 is 0 Å². The fourth-order valence-corrected chi connectivity index (χ4v) is 2.75. The molecule has 0 aromatic heterocycles. The summed E-state index contributed by atoms with van der Waals surface area (Å²) in [6.45, 7) is 5.73. The van der Waals surface area contributed by atoms with E-state index >= 15 is 0 Å². The highest BCUT2D eigenvalue weighted by atomic mass is 19.1. The van der Waals surface area contributed by atoms with Crippen LogP contribution in [0.2, 0.25) is 0 Å². The van der Waals surface area contributed by atoms with Crippen LogP contribution in [0.3, 0.4) is 0 Å². The number of aliphatic hydroxyl groups is 1. The van der Waals surface area contributed by atoms with E-state index in [-0.39, 0.29) is 24.2 Å². The van der Waals surface area contributed by atoms with Crippen LogP contribution in [0.25, 0.3) is 0 Å². The van der Waals surface area contributed by atoms with Crippen molar-refractivity contribution >= 4 is 5.91 Å². The van der Waals surface area contributed by atoms with Crippen molar-refractivity contribution in [2.75, 3.05) is 39.3 Å². The average molecular weight is 294 g/mol. The third-order valence-corrected chi connectivity index (χ3v) is 3.95. The van der Waals surface area contributed by atoms with Gasteiger partial charge in [-0.1, -0.05) is 19.1 Å². The van der Waals surface area contributed by atoms with Gasteiger partial charge in [0, 0.05) is 38.6 Å². The maximum absolute atomic E-state index is 13.2. The highest BCUT2D eigenvalue weighted by Gasteiger charge is 2.24. The number of rotatable bonds is 5. The standard InChI is InChI=1S/C16H23FN2O2/c1-13(11-14-3-2-4-15(17)12-14)16(21)19-7-5-18(6-8-19)9-10-20/h2-4,12-13,20H,5-11H2,1H3. The SMILES string of the molecule is CC(Cc1cccc(F)c1)C(=O)N1CCN(CCO)CC1. The van der Waals surface area contributed by atoms with Crippen LogP contribution in [-0.2, 0) is 11.2 Å². The molecule has 0 radical (unpaired) electrons. The molecule has 1 unspecified atom stereocenters. The van der Waals surface area contributed by atoms with Crippen LogP contribution in [-0.4, -0.2) is 60.1 Å². The molecule has 1 atom stereocenters. The van der Waals surface area contributed by atoms with Gasteiger partial charge in [0.1, 0.15) is 5.82 Å². The van der Waals surface area contributed by atoms with Gasteiger partial charge in [0.05, 0.1) is 6.61 Å². The fourth-order valence-electron chi connectivity index (χ4n) is 2.75. The summed E-state index contributed by atoms with van der Waals surface area (Å²) in [6, 6.07) is 6.43. The summed E-state index contributed by atoms with van der Waals surface area (Å²) in [5.41, 5.74) is 0.856. The summed E-state index contributed by atoms with van der Waals surface area (Å²) in [5.74, 6) is -0.274. The molecule has 1 N–H and O–H groups in total. The van der Waals surface area contributed by atoms with Gasteiger partial charge < -0.3 is 10.0 Å². The van der Waals surface area contributed by atoms with Gasteiger partial charge in [0.2, 0.25) is 5.91 Å². The molecule has 4 nitrogen and oxygen atoms in total. The van der Waals surface area contributed by atoms with Crippen molar-refractivity contribution in [1.82, 2.24) is 9.80 Å². The number of halogens is 1. The minimum Gasteiger partial charge on any atom is -0.395 e. The molecule has 0 saturated carbocycles. The molecule has 1 aromatic rings. The fraction of sp³-hybridized carbons (Fsp3) is 0.562. The zero-order chi connectivity index (χ0) is 15.2. The second kappa shape index (κ2) is 7.52. The first-order valence-corrected chi connectivity index (χ1v) is 7.46. The van der Waals surface area contributed by atoms with Crippen LogP contribution >= 0.6 is 0 Å². The Balaban J connectivity index is 1.85. The van der Waals surface area contributed by atoms with Crippen LogP contribution in [0.15, 0.2) is 24.3 Å². The molecule has 0 bridgehead atoms. The monoisotopic (exact) mass is 294 g/mol. The third-order valence-electron chi connectivity index (χ3n) is 3.95. The number of amides is 1. The van der Waals surface area contributed by atoms with Crippen molar-refractivity contribution in [3.05, 3.63) is 35.6 Å². The van der Waals surface area contributed by atoms with Gasteiger partial charge in [0.25, 0.3) is 0 Å². The first kappa shape index (κ1) is 15.9. The first-order chi connectivity index (χ1) is 10.1. The van der Waals surface area contributed by atoms with Gasteiger partial charge in [0.15, 0.2) is 0 Å². The van der Waals surface area contributed by atoms with Gasteiger partial charge >= 0.3 is 0 Å². The molecule has 1 saturated heterocycles. The Kier molecular flexibility index (Phi) is 5.70. The smallest absolute Gasteiger partial charge is 0.225 e. The second-order valence-corrected chi connectivity index (χ2v) is 5.63. The van der Waals surface area contributed by atoms with E-state index in [9.17, 15) is 9.18 Å². The maximum Gasteiger partial charge on any atom is 0.225 e. The molecular formula is C16H23FN2O2. The number of hydrogen-bond acceptors (Lipinski definition) is 3. The highest BCUT2D eigenvalue weighted by molar-refractivity contribution is 5.78. The number of carbonyl (C=O) groups is 1. The largest absolute Gasteiger partial charge is 0.395 e. The number of piperazine rings is 1. The van der Waals surface area contributed by atoms with Crippen molar-refractivity contribution in [2.24, 2.45) is 5.92 Å². The number of aliphatic hydroxyl groups excluding tert-OH is 1. The first-order valence-electron chi connectivity index (χ1n) is 7.46. The number of nitrogens with zero attached hydrogens (tertiary/aromatic N) is 2. The van der Waals surface area contributed by atoms with Gasteiger partial charge in [-0.05, 0) is 24.1 Å². The summed E-state index contributed by atoms with van der Waals surface area (Å²) in [7, 11) is 0. The molecule has 1 heterocycles. The molecule has 1 amide bonds. The van der Waals surface area contributed by atoms with E-state index in [1.807, 2.05) is 17.9 Å². The van der Waals surface area contributed by atoms with E-state index in [0.717, 1.165) is 18.7 Å². The van der Waals surface area contributed by atoms with Crippen LogP contribution in [0.5, 0.6) is 0 Å². The van der Waals surface area contributed by atoms with E-state index < -0.39 is 0 Å². The summed E-state index contributed by atoms with van der Waals surface area (Å²) < 4.78 is 13.2. The van der Waals surface area contributed by atoms with Gasteiger partial charge in [-0.15, -0.1) is 0 Å². The Bertz CT molecular complexity index is 473. The van der Waals surface area contributed by atoms with Crippen molar-refractivity contribution in [2.45, 2.75) is 13.3 Å². The lowest BCUT2D eigenvalue weighted by Crippen LogP contribution is -2.50. The summed E-state index contributed by atoms with van der Waals surface area (Å²) in [4.78, 5) is 16.4. The summed E-state index contributed by atoms with van der Waals surface area (Å²) in [6.07, 6.45) is 0.563. The van der Waals surface area contributed by atoms with E-state index in [2.05, 4.69) is 4.90 Å².